The predicted octanol–water partition coefficient (Wildman–Crippen LogP) is 1.88. The quantitative estimate of drug-likeness (QED) is 0.322. The lowest BCUT2D eigenvalue weighted by Crippen LogP contribution is -1.74. The van der Waals surface area contributed by atoms with Gasteiger partial charge in [-0.05, 0) is 48.5 Å². The van der Waals surface area contributed by atoms with Gasteiger partial charge in [0.05, 0.1) is 0 Å². The first-order valence-corrected chi connectivity index (χ1v) is 6.13. The third-order valence-corrected chi connectivity index (χ3v) is 1.70. The molecule has 0 fully saturated rings. The van der Waals surface area contributed by atoms with Crippen LogP contribution in [-0.4, -0.2) is 33.7 Å². The summed E-state index contributed by atoms with van der Waals surface area (Å²) in [5, 5.41) is 34.6. The van der Waals surface area contributed by atoms with Crippen LogP contribution < -0.4 is 0 Å². The summed E-state index contributed by atoms with van der Waals surface area (Å²) in [5.74, 6) is 0.677. The molecule has 0 unspecified atom stereocenters. The fourth-order valence-corrected chi connectivity index (χ4v) is 0.905. The second kappa shape index (κ2) is 9.62. The molecule has 0 aliphatic heterocycles. The molecule has 8 heteroatoms. The first kappa shape index (κ1) is 17.7. The summed E-state index contributed by atoms with van der Waals surface area (Å²) in [6, 6.07) is 11.4. The predicted molar refractivity (Wildman–Crippen MR) is 72.9 cm³/mol. The molecule has 0 radical (unpaired) electrons. The molecular formula is C12H14O7S. The van der Waals surface area contributed by atoms with Crippen molar-refractivity contribution in [3.05, 3.63) is 48.5 Å². The summed E-state index contributed by atoms with van der Waals surface area (Å²) < 4.78 is 22.8. The molecule has 6 N–H and O–H groups in total. The van der Waals surface area contributed by atoms with Crippen LogP contribution in [0, 0.1) is 0 Å². The van der Waals surface area contributed by atoms with E-state index in [4.69, 9.17) is 33.7 Å². The van der Waals surface area contributed by atoms with Gasteiger partial charge >= 0.3 is 0 Å². The monoisotopic (exact) mass is 302 g/mol. The zero-order valence-corrected chi connectivity index (χ0v) is 10.9. The Kier molecular flexibility index (Phi) is 8.51. The van der Waals surface area contributed by atoms with Gasteiger partial charge in [-0.25, -0.2) is 0 Å². The Bertz CT molecular complexity index is 421. The van der Waals surface area contributed by atoms with Crippen molar-refractivity contribution in [2.45, 2.75) is 0 Å². The highest BCUT2D eigenvalue weighted by Gasteiger charge is 1.85. The van der Waals surface area contributed by atoms with Crippen molar-refractivity contribution in [2.24, 2.45) is 0 Å². The molecule has 20 heavy (non-hydrogen) atoms. The van der Waals surface area contributed by atoms with Crippen LogP contribution in [0.4, 0.5) is 0 Å². The van der Waals surface area contributed by atoms with E-state index in [0.29, 0.717) is 0 Å². The van der Waals surface area contributed by atoms with Crippen molar-refractivity contribution in [2.75, 3.05) is 0 Å². The van der Waals surface area contributed by atoms with Gasteiger partial charge in [-0.1, -0.05) is 0 Å². The Morgan fingerprint density at radius 3 is 0.750 bits per heavy atom. The van der Waals surface area contributed by atoms with Gasteiger partial charge in [0.25, 0.3) is 11.4 Å². The summed E-state index contributed by atoms with van der Waals surface area (Å²) >= 11 is -2.61. The third-order valence-electron chi connectivity index (χ3n) is 1.70. The molecule has 0 saturated carbocycles. The molecule has 2 aromatic carbocycles. The van der Waals surface area contributed by atoms with Gasteiger partial charge in [-0.2, -0.15) is 4.21 Å². The lowest BCUT2D eigenvalue weighted by Gasteiger charge is -1.88. The minimum Gasteiger partial charge on any atom is -0.508 e. The van der Waals surface area contributed by atoms with Gasteiger partial charge in [0, 0.05) is 0 Å². The average Bonchev–Trinajstić information content (AvgIpc) is 2.37. The lowest BCUT2D eigenvalue weighted by atomic mass is 10.3. The highest BCUT2D eigenvalue weighted by molar-refractivity contribution is 7.73. The van der Waals surface area contributed by atoms with Gasteiger partial charge in [0.15, 0.2) is 0 Å². The molecule has 0 aliphatic carbocycles. The van der Waals surface area contributed by atoms with Gasteiger partial charge < -0.3 is 20.4 Å². The van der Waals surface area contributed by atoms with Gasteiger partial charge in [0.2, 0.25) is 0 Å². The first-order valence-electron chi connectivity index (χ1n) is 5.07. The topological polar surface area (TPSA) is 138 Å². The van der Waals surface area contributed by atoms with E-state index in [9.17, 15) is 0 Å². The van der Waals surface area contributed by atoms with Crippen molar-refractivity contribution in [3.8, 4) is 23.0 Å². The van der Waals surface area contributed by atoms with Crippen molar-refractivity contribution in [3.63, 3.8) is 0 Å². The molecule has 0 bridgehead atoms. The van der Waals surface area contributed by atoms with Crippen molar-refractivity contribution in [1.82, 2.24) is 0 Å². The Hall–Kier alpha value is -2.29. The molecule has 0 amide bonds. The molecule has 110 valence electrons. The number of rotatable bonds is 0. The van der Waals surface area contributed by atoms with Crippen LogP contribution in [0.15, 0.2) is 48.5 Å². The minimum atomic E-state index is -2.61. The van der Waals surface area contributed by atoms with Crippen LogP contribution in [-0.2, 0) is 11.4 Å². The standard InChI is InChI=1S/2C6H6O2.H2O3S/c2*7-5-1-2-6(8)4-3-5;1-4(2)3/h2*1-4,7-8H;(H2,1,2,3). The first-order chi connectivity index (χ1) is 9.31. The Morgan fingerprint density at radius 2 is 0.650 bits per heavy atom. The van der Waals surface area contributed by atoms with E-state index in [0.717, 1.165) is 0 Å². The maximum atomic E-state index is 8.67. The molecule has 0 saturated heterocycles. The second-order valence-corrected chi connectivity index (χ2v) is 3.72. The summed E-state index contributed by atoms with van der Waals surface area (Å²) in [6.45, 7) is 0. The van der Waals surface area contributed by atoms with Crippen molar-refractivity contribution in [1.29, 1.82) is 0 Å². The molecule has 2 aromatic rings. The summed E-state index contributed by atoms with van der Waals surface area (Å²) in [7, 11) is 0. The second-order valence-electron chi connectivity index (χ2n) is 3.26. The van der Waals surface area contributed by atoms with Crippen LogP contribution >= 0.6 is 0 Å². The number of hydrogen-bond donors (Lipinski definition) is 6. The van der Waals surface area contributed by atoms with E-state index in [1.165, 1.54) is 48.5 Å². The van der Waals surface area contributed by atoms with Crippen LogP contribution in [0.25, 0.3) is 0 Å². The molecule has 0 aliphatic rings. The SMILES string of the molecule is O=S(O)O.Oc1ccc(O)cc1.Oc1ccc(O)cc1. The number of phenolic OH excluding ortho intramolecular Hbond substituents is 4. The highest BCUT2D eigenvalue weighted by atomic mass is 32.2. The fraction of sp³-hybridized carbons (Fsp3) is 0. The average molecular weight is 302 g/mol. The fourth-order valence-electron chi connectivity index (χ4n) is 0.905. The number of benzene rings is 2. The molecular weight excluding hydrogens is 288 g/mol. The Labute approximate surface area is 117 Å². The van der Waals surface area contributed by atoms with E-state index < -0.39 is 11.4 Å². The zero-order chi connectivity index (χ0) is 15.5. The molecule has 0 heterocycles. The van der Waals surface area contributed by atoms with Crippen molar-refractivity contribution >= 4 is 11.4 Å². The normalized spacial score (nSPS) is 8.95. The summed E-state index contributed by atoms with van der Waals surface area (Å²) in [6.07, 6.45) is 0. The largest absolute Gasteiger partial charge is 0.508 e. The van der Waals surface area contributed by atoms with E-state index in [1.807, 2.05) is 0 Å². The number of hydrogen-bond acceptors (Lipinski definition) is 5. The van der Waals surface area contributed by atoms with Crippen LogP contribution in [0.3, 0.4) is 0 Å². The van der Waals surface area contributed by atoms with E-state index >= 15 is 0 Å². The maximum Gasteiger partial charge on any atom is 0.299 e. The number of phenols is 4. The van der Waals surface area contributed by atoms with Gasteiger partial charge in [-0.3, -0.25) is 9.11 Å². The third kappa shape index (κ3) is 10.8. The smallest absolute Gasteiger partial charge is 0.299 e. The maximum absolute atomic E-state index is 8.67. The van der Waals surface area contributed by atoms with Gasteiger partial charge in [0.1, 0.15) is 23.0 Å². The van der Waals surface area contributed by atoms with E-state index in [-0.39, 0.29) is 23.0 Å². The van der Waals surface area contributed by atoms with Gasteiger partial charge in [-0.15, -0.1) is 0 Å². The molecule has 2 rings (SSSR count). The van der Waals surface area contributed by atoms with E-state index in [2.05, 4.69) is 0 Å². The highest BCUT2D eigenvalue weighted by Crippen LogP contribution is 2.13. The number of aromatic hydroxyl groups is 4. The minimum absolute atomic E-state index is 0.169. The molecule has 0 spiro atoms. The summed E-state index contributed by atoms with van der Waals surface area (Å²) in [4.78, 5) is 0. The van der Waals surface area contributed by atoms with Crippen LogP contribution in [0.1, 0.15) is 0 Å². The lowest BCUT2D eigenvalue weighted by molar-refractivity contribution is 0.454. The molecule has 0 atom stereocenters. The van der Waals surface area contributed by atoms with Crippen molar-refractivity contribution < 1.29 is 33.7 Å². The Morgan fingerprint density at radius 1 is 0.550 bits per heavy atom. The molecule has 0 aromatic heterocycles. The summed E-state index contributed by atoms with van der Waals surface area (Å²) in [5.41, 5.74) is 0. The Balaban J connectivity index is 0.000000289. The molecule has 7 nitrogen and oxygen atoms in total. The van der Waals surface area contributed by atoms with Crippen LogP contribution in [0.2, 0.25) is 0 Å². The van der Waals surface area contributed by atoms with Crippen LogP contribution in [0.5, 0.6) is 23.0 Å². The zero-order valence-electron chi connectivity index (χ0n) is 10.1. The van der Waals surface area contributed by atoms with E-state index in [1.54, 1.807) is 0 Å².